The smallest absolute Gasteiger partial charge is 0.295 e. The molecule has 2 aromatic carbocycles. The fourth-order valence-electron chi connectivity index (χ4n) is 4.23. The van der Waals surface area contributed by atoms with Gasteiger partial charge in [-0.1, -0.05) is 49.7 Å². The van der Waals surface area contributed by atoms with Gasteiger partial charge in [0.2, 0.25) is 0 Å². The van der Waals surface area contributed by atoms with Crippen molar-refractivity contribution in [2.24, 2.45) is 5.92 Å². The van der Waals surface area contributed by atoms with Crippen molar-refractivity contribution in [3.63, 3.8) is 0 Å². The minimum absolute atomic E-state index is 0.0849. The molecule has 1 amide bonds. The highest BCUT2D eigenvalue weighted by Gasteiger charge is 2.46. The fourth-order valence-corrected chi connectivity index (χ4v) is 4.23. The minimum Gasteiger partial charge on any atom is -0.507 e. The number of ether oxygens (including phenoxy) is 1. The lowest BCUT2D eigenvalue weighted by Crippen LogP contribution is -2.29. The summed E-state index contributed by atoms with van der Waals surface area (Å²) in [6, 6.07) is 15.9. The van der Waals surface area contributed by atoms with Crippen molar-refractivity contribution in [3.8, 4) is 5.75 Å². The van der Waals surface area contributed by atoms with Crippen LogP contribution >= 0.6 is 0 Å². The average molecular weight is 471 g/mol. The number of carbonyl (C=O) groups is 2. The fraction of sp³-hybridized carbons (Fsp3) is 0.276. The highest BCUT2D eigenvalue weighted by Crippen LogP contribution is 2.41. The minimum atomic E-state index is -0.716. The van der Waals surface area contributed by atoms with Crippen molar-refractivity contribution in [2.75, 3.05) is 6.61 Å². The Balaban J connectivity index is 1.79. The molecule has 1 atom stereocenters. The lowest BCUT2D eigenvalue weighted by Gasteiger charge is -2.25. The van der Waals surface area contributed by atoms with Gasteiger partial charge in [0.05, 0.1) is 18.2 Å². The molecule has 4 rings (SSSR count). The monoisotopic (exact) mass is 470 g/mol. The van der Waals surface area contributed by atoms with Gasteiger partial charge < -0.3 is 14.7 Å². The number of carbonyl (C=O) groups excluding carboxylic acids is 2. The Labute approximate surface area is 205 Å². The summed E-state index contributed by atoms with van der Waals surface area (Å²) in [6.45, 7) is 8.75. The summed E-state index contributed by atoms with van der Waals surface area (Å²) in [4.78, 5) is 32.1. The molecule has 1 aromatic heterocycles. The molecular weight excluding hydrogens is 440 g/mol. The first kappa shape index (κ1) is 24.2. The summed E-state index contributed by atoms with van der Waals surface area (Å²) in [5.41, 5.74) is 3.96. The van der Waals surface area contributed by atoms with Crippen LogP contribution in [0.5, 0.6) is 5.75 Å². The van der Waals surface area contributed by atoms with Gasteiger partial charge in [-0.2, -0.15) is 0 Å². The average Bonchev–Trinajstić information content (AvgIpc) is 3.08. The van der Waals surface area contributed by atoms with E-state index in [-0.39, 0.29) is 17.9 Å². The zero-order valence-corrected chi connectivity index (χ0v) is 20.5. The number of rotatable bonds is 7. The normalized spacial score (nSPS) is 17.3. The summed E-state index contributed by atoms with van der Waals surface area (Å²) < 4.78 is 5.80. The Morgan fingerprint density at radius 1 is 1.09 bits per heavy atom. The zero-order chi connectivity index (χ0) is 25.1. The van der Waals surface area contributed by atoms with E-state index in [4.69, 9.17) is 4.74 Å². The largest absolute Gasteiger partial charge is 0.507 e. The number of hydrogen-bond acceptors (Lipinski definition) is 5. The number of hydrogen-bond donors (Lipinski definition) is 1. The number of benzene rings is 2. The maximum Gasteiger partial charge on any atom is 0.295 e. The van der Waals surface area contributed by atoms with Gasteiger partial charge in [0.25, 0.3) is 11.7 Å². The van der Waals surface area contributed by atoms with Crippen LogP contribution in [0, 0.1) is 19.8 Å². The Morgan fingerprint density at radius 2 is 1.83 bits per heavy atom. The van der Waals surface area contributed by atoms with Gasteiger partial charge in [-0.15, -0.1) is 0 Å². The molecule has 6 heteroatoms. The van der Waals surface area contributed by atoms with Crippen LogP contribution in [0.1, 0.15) is 47.7 Å². The molecule has 0 saturated carbocycles. The van der Waals surface area contributed by atoms with Gasteiger partial charge in [-0.25, -0.2) is 0 Å². The highest BCUT2D eigenvalue weighted by molar-refractivity contribution is 6.46. The molecule has 3 aromatic rings. The van der Waals surface area contributed by atoms with Crippen molar-refractivity contribution in [2.45, 2.75) is 40.3 Å². The van der Waals surface area contributed by atoms with E-state index in [1.54, 1.807) is 30.6 Å². The number of aromatic nitrogens is 1. The standard InChI is InChI=1S/C29H30N2O4/c1-18(2)17-35-23-11-12-24(20(4)14-23)27(32)25-26(22-9-7-19(3)8-10-22)31(29(34)28(25)33)16-21-6-5-13-30-15-21/h5-15,18,26,32H,16-17H2,1-4H3/b27-25+/t26-/m0/s1. The van der Waals surface area contributed by atoms with Gasteiger partial charge in [0.15, 0.2) is 0 Å². The number of Topliss-reactive ketones (excluding diaryl/α,β-unsaturated/α-hetero) is 1. The molecule has 35 heavy (non-hydrogen) atoms. The van der Waals surface area contributed by atoms with Crippen molar-refractivity contribution < 1.29 is 19.4 Å². The number of ketones is 1. The SMILES string of the molecule is Cc1ccc([C@H]2/C(=C(\O)c3ccc(OCC(C)C)cc3C)C(=O)C(=O)N2Cc2cccnc2)cc1. The van der Waals surface area contributed by atoms with E-state index in [9.17, 15) is 14.7 Å². The van der Waals surface area contributed by atoms with Crippen LogP contribution in [-0.2, 0) is 16.1 Å². The van der Waals surface area contributed by atoms with Crippen molar-refractivity contribution in [1.82, 2.24) is 9.88 Å². The number of nitrogens with zero attached hydrogens (tertiary/aromatic N) is 2. The highest BCUT2D eigenvalue weighted by atomic mass is 16.5. The Hall–Kier alpha value is -3.93. The van der Waals surface area contributed by atoms with Gasteiger partial charge in [-0.05, 0) is 60.7 Å². The van der Waals surface area contributed by atoms with Crippen molar-refractivity contribution in [3.05, 3.63) is 100 Å². The van der Waals surface area contributed by atoms with Crippen LogP contribution in [0.2, 0.25) is 0 Å². The summed E-state index contributed by atoms with van der Waals surface area (Å²) in [6.07, 6.45) is 3.33. The van der Waals surface area contributed by atoms with E-state index >= 15 is 0 Å². The molecule has 1 N–H and O–H groups in total. The number of aliphatic hydroxyl groups excluding tert-OH is 1. The second kappa shape index (κ2) is 10.1. The predicted octanol–water partition coefficient (Wildman–Crippen LogP) is 5.36. The van der Waals surface area contributed by atoms with E-state index < -0.39 is 17.7 Å². The maximum absolute atomic E-state index is 13.3. The van der Waals surface area contributed by atoms with Gasteiger partial charge >= 0.3 is 0 Å². The van der Waals surface area contributed by atoms with Crippen LogP contribution in [0.4, 0.5) is 0 Å². The molecular formula is C29H30N2O4. The molecule has 0 radical (unpaired) electrons. The number of likely N-dealkylation sites (tertiary alicyclic amines) is 1. The zero-order valence-electron chi connectivity index (χ0n) is 20.5. The topological polar surface area (TPSA) is 79.7 Å². The molecule has 180 valence electrons. The molecule has 1 fully saturated rings. The first-order valence-electron chi connectivity index (χ1n) is 11.7. The summed E-state index contributed by atoms with van der Waals surface area (Å²) in [5.74, 6) is -0.448. The first-order valence-corrected chi connectivity index (χ1v) is 11.7. The molecule has 0 spiro atoms. The molecule has 0 unspecified atom stereocenters. The lowest BCUT2D eigenvalue weighted by atomic mass is 9.93. The third kappa shape index (κ3) is 5.11. The van der Waals surface area contributed by atoms with E-state index in [1.807, 2.05) is 50.2 Å². The molecule has 1 saturated heterocycles. The molecule has 2 heterocycles. The predicted molar refractivity (Wildman–Crippen MR) is 135 cm³/mol. The van der Waals surface area contributed by atoms with Crippen LogP contribution in [0.15, 0.2) is 72.6 Å². The maximum atomic E-state index is 13.3. The second-order valence-electron chi connectivity index (χ2n) is 9.38. The van der Waals surface area contributed by atoms with Crippen LogP contribution in [0.3, 0.4) is 0 Å². The van der Waals surface area contributed by atoms with E-state index in [0.717, 1.165) is 22.3 Å². The number of aliphatic hydroxyl groups is 1. The second-order valence-corrected chi connectivity index (χ2v) is 9.38. The summed E-state index contributed by atoms with van der Waals surface area (Å²) >= 11 is 0. The molecule has 0 bridgehead atoms. The Kier molecular flexibility index (Phi) is 7.01. The van der Waals surface area contributed by atoms with Crippen molar-refractivity contribution >= 4 is 17.4 Å². The summed E-state index contributed by atoms with van der Waals surface area (Å²) in [5, 5.41) is 11.4. The van der Waals surface area contributed by atoms with Crippen LogP contribution < -0.4 is 4.74 Å². The van der Waals surface area contributed by atoms with Gasteiger partial charge in [-0.3, -0.25) is 14.6 Å². The van der Waals surface area contributed by atoms with E-state index in [2.05, 4.69) is 18.8 Å². The lowest BCUT2D eigenvalue weighted by molar-refractivity contribution is -0.140. The number of aryl methyl sites for hydroxylation is 2. The molecule has 1 aliphatic heterocycles. The Bertz CT molecular complexity index is 1260. The van der Waals surface area contributed by atoms with E-state index in [1.165, 1.54) is 4.90 Å². The van der Waals surface area contributed by atoms with Gasteiger partial charge in [0, 0.05) is 24.5 Å². The molecule has 1 aliphatic rings. The molecule has 6 nitrogen and oxygen atoms in total. The quantitative estimate of drug-likeness (QED) is 0.286. The van der Waals surface area contributed by atoms with E-state index in [0.29, 0.717) is 23.8 Å². The summed E-state index contributed by atoms with van der Waals surface area (Å²) in [7, 11) is 0. The number of pyridine rings is 1. The van der Waals surface area contributed by atoms with Crippen LogP contribution in [0.25, 0.3) is 5.76 Å². The third-order valence-corrected chi connectivity index (χ3v) is 6.05. The first-order chi connectivity index (χ1) is 16.8. The third-order valence-electron chi connectivity index (χ3n) is 6.05. The Morgan fingerprint density at radius 3 is 2.46 bits per heavy atom. The van der Waals surface area contributed by atoms with Gasteiger partial charge in [0.1, 0.15) is 11.5 Å². The van der Waals surface area contributed by atoms with Crippen LogP contribution in [-0.4, -0.2) is 33.3 Å². The van der Waals surface area contributed by atoms with Crippen molar-refractivity contribution in [1.29, 1.82) is 0 Å². The number of amides is 1. The molecule has 0 aliphatic carbocycles.